The zero-order chi connectivity index (χ0) is 13.9. The molecule has 0 bridgehead atoms. The average Bonchev–Trinajstić information content (AvgIpc) is 2.30. The van der Waals surface area contributed by atoms with E-state index in [0.717, 1.165) is 32.1 Å². The number of hydrogen-bond acceptors (Lipinski definition) is 3. The summed E-state index contributed by atoms with van der Waals surface area (Å²) in [5, 5.41) is 0.627. The Bertz CT molecular complexity index is 415. The van der Waals surface area contributed by atoms with Crippen molar-refractivity contribution in [1.82, 2.24) is 14.8 Å². The van der Waals surface area contributed by atoms with E-state index in [4.69, 9.17) is 11.6 Å². The van der Waals surface area contributed by atoms with Gasteiger partial charge in [-0.25, -0.2) is 8.78 Å². The fourth-order valence-corrected chi connectivity index (χ4v) is 2.50. The highest BCUT2D eigenvalue weighted by atomic mass is 35.5. The highest BCUT2D eigenvalue weighted by Crippen LogP contribution is 2.16. The number of aromatic nitrogens is 1. The van der Waals surface area contributed by atoms with Crippen molar-refractivity contribution in [2.75, 3.05) is 32.7 Å². The summed E-state index contributed by atoms with van der Waals surface area (Å²) >= 11 is 5.89. The highest BCUT2D eigenvalue weighted by molar-refractivity contribution is 6.30. The maximum Gasteiger partial charge on any atom is 0.257 e. The summed E-state index contributed by atoms with van der Waals surface area (Å²) in [6, 6.07) is 1.89. The third-order valence-electron chi connectivity index (χ3n) is 3.13. The van der Waals surface area contributed by atoms with Crippen LogP contribution < -0.4 is 0 Å². The van der Waals surface area contributed by atoms with Gasteiger partial charge >= 0.3 is 0 Å². The summed E-state index contributed by atoms with van der Waals surface area (Å²) in [5.74, 6) is -2.61. The van der Waals surface area contributed by atoms with Gasteiger partial charge in [0.25, 0.3) is 5.92 Å². The van der Waals surface area contributed by atoms with Gasteiger partial charge in [0.05, 0.1) is 11.6 Å². The van der Waals surface area contributed by atoms with Gasteiger partial charge in [-0.1, -0.05) is 11.6 Å². The number of alkyl halides is 2. The molecule has 3 nitrogen and oxygen atoms in total. The molecule has 0 unspecified atom stereocenters. The van der Waals surface area contributed by atoms with Crippen LogP contribution in [0, 0.1) is 0 Å². The van der Waals surface area contributed by atoms with Crippen molar-refractivity contribution in [1.29, 1.82) is 0 Å². The highest BCUT2D eigenvalue weighted by Gasteiger charge is 2.27. The van der Waals surface area contributed by atoms with Crippen LogP contribution in [-0.2, 0) is 6.54 Å². The molecule has 1 saturated heterocycles. The lowest BCUT2D eigenvalue weighted by atomic mass is 10.2. The van der Waals surface area contributed by atoms with Gasteiger partial charge in [-0.2, -0.15) is 0 Å². The first-order valence-electron chi connectivity index (χ1n) is 6.34. The van der Waals surface area contributed by atoms with Crippen LogP contribution in [0.4, 0.5) is 8.78 Å². The Kier molecular flexibility index (Phi) is 4.71. The lowest BCUT2D eigenvalue weighted by molar-refractivity contribution is -0.0264. The Balaban J connectivity index is 1.80. The zero-order valence-electron chi connectivity index (χ0n) is 11.0. The number of hydrogen-bond donors (Lipinski definition) is 0. The molecule has 0 N–H and O–H groups in total. The maximum atomic E-state index is 12.9. The first-order chi connectivity index (χ1) is 8.92. The van der Waals surface area contributed by atoms with Crippen molar-refractivity contribution < 1.29 is 8.78 Å². The van der Waals surface area contributed by atoms with Crippen LogP contribution in [0.5, 0.6) is 0 Å². The molecule has 0 spiro atoms. The third-order valence-corrected chi connectivity index (χ3v) is 3.34. The summed E-state index contributed by atoms with van der Waals surface area (Å²) < 4.78 is 25.8. The van der Waals surface area contributed by atoms with Crippen LogP contribution in [0.1, 0.15) is 12.5 Å². The molecule has 2 rings (SSSR count). The SMILES string of the molecule is CC(F)(F)CN1CCN(Cc2cncc(Cl)c2)CC1. The van der Waals surface area contributed by atoms with Crippen LogP contribution in [0.15, 0.2) is 18.5 Å². The van der Waals surface area contributed by atoms with Crippen LogP contribution in [-0.4, -0.2) is 53.4 Å². The standard InChI is InChI=1S/C13H18ClF2N3/c1-13(15,16)10-19-4-2-18(3-5-19)9-11-6-12(14)8-17-7-11/h6-8H,2-5,9-10H2,1H3. The van der Waals surface area contributed by atoms with Gasteiger partial charge in [-0.05, 0) is 11.6 Å². The summed E-state index contributed by atoms with van der Waals surface area (Å²) in [7, 11) is 0. The van der Waals surface area contributed by atoms with Crippen molar-refractivity contribution >= 4 is 11.6 Å². The van der Waals surface area contributed by atoms with Gasteiger partial charge < -0.3 is 0 Å². The average molecular weight is 290 g/mol. The van der Waals surface area contributed by atoms with Crippen molar-refractivity contribution in [3.8, 4) is 0 Å². The second-order valence-corrected chi connectivity index (χ2v) is 5.57. The van der Waals surface area contributed by atoms with Gasteiger partial charge in [0, 0.05) is 52.0 Å². The van der Waals surface area contributed by atoms with Crippen LogP contribution >= 0.6 is 11.6 Å². The van der Waals surface area contributed by atoms with Crippen molar-refractivity contribution in [2.24, 2.45) is 0 Å². The summed E-state index contributed by atoms with van der Waals surface area (Å²) in [6.45, 7) is 4.53. The zero-order valence-corrected chi connectivity index (χ0v) is 11.7. The van der Waals surface area contributed by atoms with Crippen LogP contribution in [0.3, 0.4) is 0 Å². The van der Waals surface area contributed by atoms with E-state index in [0.29, 0.717) is 18.1 Å². The van der Waals surface area contributed by atoms with Gasteiger partial charge in [0.15, 0.2) is 0 Å². The fraction of sp³-hybridized carbons (Fsp3) is 0.615. The predicted octanol–water partition coefficient (Wildman–Crippen LogP) is 2.51. The Hall–Kier alpha value is -0.780. The molecule has 0 aromatic carbocycles. The van der Waals surface area contributed by atoms with E-state index in [2.05, 4.69) is 9.88 Å². The predicted molar refractivity (Wildman–Crippen MR) is 71.6 cm³/mol. The molecule has 0 aliphatic carbocycles. The number of piperazine rings is 1. The Morgan fingerprint density at radius 1 is 1.21 bits per heavy atom. The van der Waals surface area contributed by atoms with Crippen LogP contribution in [0.25, 0.3) is 0 Å². The lowest BCUT2D eigenvalue weighted by Gasteiger charge is -2.35. The molecule has 0 radical (unpaired) electrons. The molecule has 106 valence electrons. The molecular weight excluding hydrogens is 272 g/mol. The van der Waals surface area contributed by atoms with Gasteiger partial charge in [0.2, 0.25) is 0 Å². The van der Waals surface area contributed by atoms with E-state index in [1.165, 1.54) is 0 Å². The largest absolute Gasteiger partial charge is 0.296 e. The molecule has 0 amide bonds. The molecule has 0 saturated carbocycles. The minimum absolute atomic E-state index is 0.153. The third kappa shape index (κ3) is 5.01. The number of nitrogens with zero attached hydrogens (tertiary/aromatic N) is 3. The quantitative estimate of drug-likeness (QED) is 0.849. The molecule has 1 aliphatic rings. The maximum absolute atomic E-state index is 12.9. The molecule has 0 atom stereocenters. The fourth-order valence-electron chi connectivity index (χ4n) is 2.30. The van der Waals surface area contributed by atoms with Crippen molar-refractivity contribution in [3.63, 3.8) is 0 Å². The summed E-state index contributed by atoms with van der Waals surface area (Å²) in [6.07, 6.45) is 3.39. The minimum Gasteiger partial charge on any atom is -0.296 e. The molecule has 1 fully saturated rings. The molecule has 1 aliphatic heterocycles. The molecule has 19 heavy (non-hydrogen) atoms. The molecule has 2 heterocycles. The molecule has 1 aromatic rings. The Morgan fingerprint density at radius 3 is 2.42 bits per heavy atom. The van der Waals surface area contributed by atoms with Crippen LogP contribution in [0.2, 0.25) is 5.02 Å². The van der Waals surface area contributed by atoms with E-state index < -0.39 is 5.92 Å². The first-order valence-corrected chi connectivity index (χ1v) is 6.72. The molecular formula is C13H18ClF2N3. The Morgan fingerprint density at radius 2 is 1.84 bits per heavy atom. The smallest absolute Gasteiger partial charge is 0.257 e. The van der Waals surface area contributed by atoms with Crippen molar-refractivity contribution in [3.05, 3.63) is 29.0 Å². The van der Waals surface area contributed by atoms with E-state index in [1.54, 1.807) is 12.4 Å². The van der Waals surface area contributed by atoms with Gasteiger partial charge in [-0.15, -0.1) is 0 Å². The summed E-state index contributed by atoms with van der Waals surface area (Å²) in [5.41, 5.74) is 1.06. The first kappa shape index (κ1) is 14.6. The normalized spacial score (nSPS) is 18.7. The topological polar surface area (TPSA) is 19.4 Å². The number of pyridine rings is 1. The Labute approximate surface area is 117 Å². The lowest BCUT2D eigenvalue weighted by Crippen LogP contribution is -2.48. The number of rotatable bonds is 4. The second-order valence-electron chi connectivity index (χ2n) is 5.13. The van der Waals surface area contributed by atoms with Gasteiger partial charge in [0.1, 0.15) is 0 Å². The van der Waals surface area contributed by atoms with Gasteiger partial charge in [-0.3, -0.25) is 14.8 Å². The number of halogens is 3. The van der Waals surface area contributed by atoms with E-state index in [9.17, 15) is 8.78 Å². The monoisotopic (exact) mass is 289 g/mol. The van der Waals surface area contributed by atoms with E-state index in [1.807, 2.05) is 11.0 Å². The van der Waals surface area contributed by atoms with Crippen molar-refractivity contribution in [2.45, 2.75) is 19.4 Å². The molecule has 6 heteroatoms. The van der Waals surface area contributed by atoms with E-state index in [-0.39, 0.29) is 6.54 Å². The second kappa shape index (κ2) is 6.11. The molecule has 1 aromatic heterocycles. The summed E-state index contributed by atoms with van der Waals surface area (Å²) in [4.78, 5) is 8.09. The minimum atomic E-state index is -2.61. The van der Waals surface area contributed by atoms with E-state index >= 15 is 0 Å².